The molecule has 5 heteroatoms. The number of thioether (sulfide) groups is 1. The van der Waals surface area contributed by atoms with Crippen LogP contribution in [0.15, 0.2) is 0 Å². The molecule has 0 radical (unpaired) electrons. The standard InChI is InChI=1S/C14H26N2O2S/c1-5-11-12(17)15-14(6-2,7-3)13(18)16(11)9-10-19-8-4/h11H,5-10H2,1-4H3,(H,15,17). The van der Waals surface area contributed by atoms with E-state index in [0.717, 1.165) is 11.5 Å². The van der Waals surface area contributed by atoms with Crippen LogP contribution >= 0.6 is 11.8 Å². The minimum absolute atomic E-state index is 0.00676. The maximum Gasteiger partial charge on any atom is 0.249 e. The second-order valence-electron chi connectivity index (χ2n) is 4.90. The molecule has 1 rings (SSSR count). The number of nitrogens with zero attached hydrogens (tertiary/aromatic N) is 1. The molecule has 110 valence electrons. The summed E-state index contributed by atoms with van der Waals surface area (Å²) < 4.78 is 0. The van der Waals surface area contributed by atoms with E-state index in [2.05, 4.69) is 12.2 Å². The van der Waals surface area contributed by atoms with Crippen molar-refractivity contribution in [2.75, 3.05) is 18.1 Å². The largest absolute Gasteiger partial charge is 0.340 e. The highest BCUT2D eigenvalue weighted by molar-refractivity contribution is 7.99. The molecular weight excluding hydrogens is 260 g/mol. The second-order valence-corrected chi connectivity index (χ2v) is 6.29. The van der Waals surface area contributed by atoms with E-state index in [1.165, 1.54) is 0 Å². The number of hydrogen-bond acceptors (Lipinski definition) is 3. The SMILES string of the molecule is CCSCCN1C(=O)C(CC)(CC)NC(=O)C1CC. The van der Waals surface area contributed by atoms with Gasteiger partial charge in [0.05, 0.1) is 0 Å². The van der Waals surface area contributed by atoms with Crippen molar-refractivity contribution in [3.63, 3.8) is 0 Å². The summed E-state index contributed by atoms with van der Waals surface area (Å²) in [5.74, 6) is 2.04. The van der Waals surface area contributed by atoms with Crippen molar-refractivity contribution >= 4 is 23.6 Å². The molecule has 1 fully saturated rings. The van der Waals surface area contributed by atoms with E-state index >= 15 is 0 Å². The Kier molecular flexibility index (Phi) is 6.17. The molecular formula is C14H26N2O2S. The van der Waals surface area contributed by atoms with Gasteiger partial charge in [-0.3, -0.25) is 9.59 Å². The summed E-state index contributed by atoms with van der Waals surface area (Å²) in [6, 6.07) is -0.295. The van der Waals surface area contributed by atoms with Crippen LogP contribution in [0.2, 0.25) is 0 Å². The molecule has 1 aliphatic heterocycles. The smallest absolute Gasteiger partial charge is 0.249 e. The van der Waals surface area contributed by atoms with Crippen molar-refractivity contribution in [1.82, 2.24) is 10.2 Å². The lowest BCUT2D eigenvalue weighted by atomic mass is 9.86. The highest BCUT2D eigenvalue weighted by Gasteiger charge is 2.47. The Morgan fingerprint density at radius 3 is 2.32 bits per heavy atom. The Bertz CT molecular complexity index is 329. The molecule has 1 N–H and O–H groups in total. The summed E-state index contributed by atoms with van der Waals surface area (Å²) in [6.45, 7) is 8.67. The first kappa shape index (κ1) is 16.3. The first-order valence-electron chi connectivity index (χ1n) is 7.27. The van der Waals surface area contributed by atoms with Crippen LogP contribution in [-0.2, 0) is 9.59 Å². The van der Waals surface area contributed by atoms with E-state index in [0.29, 0.717) is 25.8 Å². The van der Waals surface area contributed by atoms with E-state index in [4.69, 9.17) is 0 Å². The van der Waals surface area contributed by atoms with Gasteiger partial charge in [0.2, 0.25) is 11.8 Å². The number of carbonyl (C=O) groups is 2. The van der Waals surface area contributed by atoms with Crippen molar-refractivity contribution in [2.24, 2.45) is 0 Å². The molecule has 4 nitrogen and oxygen atoms in total. The molecule has 0 bridgehead atoms. The molecule has 1 heterocycles. The van der Waals surface area contributed by atoms with Gasteiger partial charge in [0.15, 0.2) is 0 Å². The van der Waals surface area contributed by atoms with E-state index < -0.39 is 5.54 Å². The summed E-state index contributed by atoms with van der Waals surface area (Å²) in [6.07, 6.45) is 1.99. The van der Waals surface area contributed by atoms with Gasteiger partial charge in [-0.25, -0.2) is 0 Å². The molecule has 0 spiro atoms. The van der Waals surface area contributed by atoms with E-state index in [9.17, 15) is 9.59 Å². The highest BCUT2D eigenvalue weighted by atomic mass is 32.2. The van der Waals surface area contributed by atoms with Crippen LogP contribution in [0.25, 0.3) is 0 Å². The summed E-state index contributed by atoms with van der Waals surface area (Å²) in [5, 5.41) is 2.96. The maximum atomic E-state index is 12.7. The highest BCUT2D eigenvalue weighted by Crippen LogP contribution is 2.26. The zero-order chi connectivity index (χ0) is 14.5. The molecule has 0 aromatic heterocycles. The summed E-state index contributed by atoms with van der Waals surface area (Å²) in [7, 11) is 0. The second kappa shape index (κ2) is 7.17. The molecule has 0 aromatic carbocycles. The molecule has 1 saturated heterocycles. The van der Waals surface area contributed by atoms with Crippen LogP contribution in [0.4, 0.5) is 0 Å². The molecule has 1 unspecified atom stereocenters. The summed E-state index contributed by atoms with van der Waals surface area (Å²) in [4.78, 5) is 26.8. The van der Waals surface area contributed by atoms with E-state index in [1.807, 2.05) is 32.5 Å². The predicted molar refractivity (Wildman–Crippen MR) is 80.2 cm³/mol. The van der Waals surface area contributed by atoms with Gasteiger partial charge >= 0.3 is 0 Å². The first-order chi connectivity index (χ1) is 9.06. The topological polar surface area (TPSA) is 49.4 Å². The van der Waals surface area contributed by atoms with Crippen molar-refractivity contribution in [1.29, 1.82) is 0 Å². The summed E-state index contributed by atoms with van der Waals surface area (Å²) >= 11 is 1.81. The molecule has 1 atom stereocenters. The minimum atomic E-state index is -0.681. The van der Waals surface area contributed by atoms with Gasteiger partial charge in [-0.05, 0) is 25.0 Å². The fraction of sp³-hybridized carbons (Fsp3) is 0.857. The fourth-order valence-electron chi connectivity index (χ4n) is 2.63. The van der Waals surface area contributed by atoms with Gasteiger partial charge in [0.25, 0.3) is 0 Å². The lowest BCUT2D eigenvalue weighted by molar-refractivity contribution is -0.155. The normalized spacial score (nSPS) is 22.5. The fourth-order valence-corrected chi connectivity index (χ4v) is 3.24. The van der Waals surface area contributed by atoms with Crippen LogP contribution in [0.5, 0.6) is 0 Å². The Balaban J connectivity index is 2.92. The monoisotopic (exact) mass is 286 g/mol. The number of rotatable bonds is 7. The lowest BCUT2D eigenvalue weighted by Gasteiger charge is -2.45. The number of amides is 2. The quantitative estimate of drug-likeness (QED) is 0.729. The van der Waals surface area contributed by atoms with Crippen LogP contribution < -0.4 is 5.32 Å². The van der Waals surface area contributed by atoms with E-state index in [-0.39, 0.29) is 17.9 Å². The van der Waals surface area contributed by atoms with E-state index in [1.54, 1.807) is 4.90 Å². The summed E-state index contributed by atoms with van der Waals surface area (Å²) in [5.41, 5.74) is -0.681. The Hall–Kier alpha value is -0.710. The molecule has 0 aromatic rings. The third kappa shape index (κ3) is 3.25. The van der Waals surface area contributed by atoms with Crippen molar-refractivity contribution in [3.8, 4) is 0 Å². The van der Waals surface area contributed by atoms with Crippen molar-refractivity contribution < 1.29 is 9.59 Å². The van der Waals surface area contributed by atoms with Gasteiger partial charge in [0, 0.05) is 12.3 Å². The van der Waals surface area contributed by atoms with Crippen LogP contribution in [0, 0.1) is 0 Å². The van der Waals surface area contributed by atoms with Gasteiger partial charge in [-0.15, -0.1) is 0 Å². The van der Waals surface area contributed by atoms with Gasteiger partial charge < -0.3 is 10.2 Å². The zero-order valence-corrected chi connectivity index (χ0v) is 13.3. The predicted octanol–water partition coefficient (Wildman–Crippen LogP) is 2.04. The number of hydrogen-bond donors (Lipinski definition) is 1. The average molecular weight is 286 g/mol. The Morgan fingerprint density at radius 2 is 1.84 bits per heavy atom. The number of nitrogens with one attached hydrogen (secondary N) is 1. The van der Waals surface area contributed by atoms with Crippen molar-refractivity contribution in [2.45, 2.75) is 58.5 Å². The van der Waals surface area contributed by atoms with Crippen LogP contribution in [0.3, 0.4) is 0 Å². The third-order valence-corrected chi connectivity index (χ3v) is 4.87. The first-order valence-corrected chi connectivity index (χ1v) is 8.42. The van der Waals surface area contributed by atoms with Gasteiger partial charge in [0.1, 0.15) is 11.6 Å². The molecule has 0 aliphatic carbocycles. The van der Waals surface area contributed by atoms with Gasteiger partial charge in [-0.1, -0.05) is 27.7 Å². The molecule has 19 heavy (non-hydrogen) atoms. The average Bonchev–Trinajstić information content (AvgIpc) is 2.42. The maximum absolute atomic E-state index is 12.7. The third-order valence-electron chi connectivity index (χ3n) is 3.99. The van der Waals surface area contributed by atoms with Crippen molar-refractivity contribution in [3.05, 3.63) is 0 Å². The Morgan fingerprint density at radius 1 is 1.21 bits per heavy atom. The lowest BCUT2D eigenvalue weighted by Crippen LogP contribution is -2.70. The molecule has 1 aliphatic rings. The van der Waals surface area contributed by atoms with Gasteiger partial charge in [-0.2, -0.15) is 11.8 Å². The minimum Gasteiger partial charge on any atom is -0.340 e. The zero-order valence-electron chi connectivity index (χ0n) is 12.5. The Labute approximate surface area is 120 Å². The molecule has 0 saturated carbocycles. The molecule has 2 amide bonds. The number of carbonyl (C=O) groups excluding carboxylic acids is 2. The number of piperazine rings is 1. The van der Waals surface area contributed by atoms with Crippen LogP contribution in [0.1, 0.15) is 47.0 Å². The van der Waals surface area contributed by atoms with Crippen LogP contribution in [-0.4, -0.2) is 46.3 Å².